The fraction of sp³-hybridized carbons (Fsp3) is 0.150. The van der Waals surface area contributed by atoms with Gasteiger partial charge in [0.05, 0.1) is 28.0 Å². The van der Waals surface area contributed by atoms with Gasteiger partial charge in [-0.05, 0) is 61.0 Å². The van der Waals surface area contributed by atoms with Crippen molar-refractivity contribution < 1.29 is 9.32 Å². The Hall–Kier alpha value is -2.51. The summed E-state index contributed by atoms with van der Waals surface area (Å²) in [6.07, 6.45) is 0. The molecule has 0 aliphatic rings. The average Bonchev–Trinajstić information content (AvgIpc) is 3.18. The lowest BCUT2D eigenvalue weighted by Gasteiger charge is -2.09. The van der Waals surface area contributed by atoms with Crippen molar-refractivity contribution in [1.29, 1.82) is 0 Å². The van der Waals surface area contributed by atoms with Crippen molar-refractivity contribution in [3.05, 3.63) is 61.9 Å². The molecule has 0 bridgehead atoms. The molecule has 0 fully saturated rings. The highest BCUT2D eigenvalue weighted by Gasteiger charge is 2.21. The summed E-state index contributed by atoms with van der Waals surface area (Å²) in [6, 6.07) is 11.4. The van der Waals surface area contributed by atoms with E-state index in [0.717, 1.165) is 14.9 Å². The van der Waals surface area contributed by atoms with Crippen molar-refractivity contribution in [2.75, 3.05) is 5.32 Å². The molecular weight excluding hydrogens is 426 g/mol. The average molecular weight is 442 g/mol. The van der Waals surface area contributed by atoms with Crippen LogP contribution in [-0.4, -0.2) is 16.0 Å². The van der Waals surface area contributed by atoms with Crippen LogP contribution in [0.5, 0.6) is 0 Å². The third kappa shape index (κ3) is 3.28. The molecule has 27 heavy (non-hydrogen) atoms. The van der Waals surface area contributed by atoms with E-state index in [2.05, 4.69) is 44.4 Å². The molecule has 0 radical (unpaired) electrons. The van der Waals surface area contributed by atoms with Crippen LogP contribution in [0.25, 0.3) is 22.4 Å². The summed E-state index contributed by atoms with van der Waals surface area (Å²) in [7, 11) is 0. The molecule has 0 unspecified atom stereocenters. The molecule has 3 heterocycles. The first kappa shape index (κ1) is 17.9. The molecule has 0 saturated heterocycles. The number of halogens is 1. The van der Waals surface area contributed by atoms with Gasteiger partial charge in [-0.1, -0.05) is 17.3 Å². The monoisotopic (exact) mass is 441 g/mol. The van der Waals surface area contributed by atoms with Crippen LogP contribution in [0, 0.1) is 20.8 Å². The molecule has 1 N–H and O–H groups in total. The lowest BCUT2D eigenvalue weighted by molar-refractivity contribution is 0.102. The molecule has 0 aliphatic carbocycles. The first-order valence-corrected chi connectivity index (χ1v) is 9.95. The van der Waals surface area contributed by atoms with Gasteiger partial charge in [0.25, 0.3) is 11.6 Å². The number of fused-ring (bicyclic) bond motifs is 1. The van der Waals surface area contributed by atoms with Gasteiger partial charge in [0, 0.05) is 19.8 Å². The van der Waals surface area contributed by atoms with Gasteiger partial charge < -0.3 is 9.84 Å². The Morgan fingerprint density at radius 2 is 1.96 bits per heavy atom. The van der Waals surface area contributed by atoms with Crippen molar-refractivity contribution >= 4 is 50.0 Å². The van der Waals surface area contributed by atoms with Crippen LogP contribution in [0.1, 0.15) is 25.8 Å². The summed E-state index contributed by atoms with van der Waals surface area (Å²) < 4.78 is 6.19. The Morgan fingerprint density at radius 3 is 2.67 bits per heavy atom. The first-order valence-electron chi connectivity index (χ1n) is 8.34. The number of aromatic nitrogens is 2. The normalized spacial score (nSPS) is 11.1. The molecule has 0 spiro atoms. The van der Waals surface area contributed by atoms with E-state index in [4.69, 9.17) is 4.52 Å². The Balaban J connectivity index is 1.85. The number of aryl methyl sites for hydroxylation is 3. The second kappa shape index (κ2) is 6.90. The van der Waals surface area contributed by atoms with Gasteiger partial charge in [-0.3, -0.25) is 4.79 Å². The van der Waals surface area contributed by atoms with Crippen molar-refractivity contribution in [2.24, 2.45) is 0 Å². The number of benzene rings is 1. The van der Waals surface area contributed by atoms with Crippen LogP contribution in [0.3, 0.4) is 0 Å². The Labute approximate surface area is 168 Å². The topological polar surface area (TPSA) is 68.0 Å². The molecule has 136 valence electrons. The predicted octanol–water partition coefficient (Wildman–Crippen LogP) is 5.89. The molecule has 0 aliphatic heterocycles. The first-order chi connectivity index (χ1) is 12.9. The van der Waals surface area contributed by atoms with Crippen LogP contribution >= 0.6 is 27.3 Å². The number of amides is 1. The number of para-hydroxylation sites is 1. The summed E-state index contributed by atoms with van der Waals surface area (Å²) in [5.74, 6) is -0.230. The number of anilines is 1. The molecule has 3 aromatic heterocycles. The zero-order valence-corrected chi connectivity index (χ0v) is 17.4. The summed E-state index contributed by atoms with van der Waals surface area (Å²) >= 11 is 5.16. The van der Waals surface area contributed by atoms with E-state index in [1.54, 1.807) is 11.3 Å². The minimum atomic E-state index is -0.230. The van der Waals surface area contributed by atoms with Gasteiger partial charge in [-0.15, -0.1) is 11.3 Å². The van der Waals surface area contributed by atoms with Crippen molar-refractivity contribution in [1.82, 2.24) is 10.1 Å². The maximum atomic E-state index is 13.1. The van der Waals surface area contributed by atoms with E-state index in [1.165, 1.54) is 4.88 Å². The zero-order chi connectivity index (χ0) is 19.1. The number of nitrogens with zero attached hydrogens (tertiary/aromatic N) is 2. The molecule has 0 saturated carbocycles. The SMILES string of the molecule is Cc1cc(-c2cc(C(=O)Nc3ccccc3Br)c3c(C)noc3n2)c(C)s1. The highest BCUT2D eigenvalue weighted by atomic mass is 79.9. The molecule has 1 aromatic carbocycles. The largest absolute Gasteiger partial charge is 0.335 e. The Bertz CT molecular complexity index is 1180. The number of carbonyl (C=O) groups excluding carboxylic acids is 1. The second-order valence-electron chi connectivity index (χ2n) is 6.26. The third-order valence-electron chi connectivity index (χ3n) is 4.30. The number of hydrogen-bond donors (Lipinski definition) is 1. The zero-order valence-electron chi connectivity index (χ0n) is 15.0. The van der Waals surface area contributed by atoms with Crippen LogP contribution in [0.2, 0.25) is 0 Å². The Morgan fingerprint density at radius 1 is 1.19 bits per heavy atom. The van der Waals surface area contributed by atoms with E-state index < -0.39 is 0 Å². The predicted molar refractivity (Wildman–Crippen MR) is 111 cm³/mol. The van der Waals surface area contributed by atoms with Gasteiger partial charge in [0.2, 0.25) is 0 Å². The number of carbonyl (C=O) groups is 1. The Kier molecular flexibility index (Phi) is 4.57. The highest BCUT2D eigenvalue weighted by molar-refractivity contribution is 9.10. The van der Waals surface area contributed by atoms with Gasteiger partial charge >= 0.3 is 0 Å². The maximum Gasteiger partial charge on any atom is 0.259 e. The summed E-state index contributed by atoms with van der Waals surface area (Å²) in [6.45, 7) is 5.91. The van der Waals surface area contributed by atoms with E-state index in [1.807, 2.05) is 44.2 Å². The number of thiophene rings is 1. The van der Waals surface area contributed by atoms with Crippen LogP contribution in [0.4, 0.5) is 5.69 Å². The molecule has 1 amide bonds. The van der Waals surface area contributed by atoms with E-state index in [-0.39, 0.29) is 5.91 Å². The minimum absolute atomic E-state index is 0.230. The van der Waals surface area contributed by atoms with Gasteiger partial charge in [0.15, 0.2) is 0 Å². The van der Waals surface area contributed by atoms with Crippen LogP contribution in [-0.2, 0) is 0 Å². The van der Waals surface area contributed by atoms with Crippen LogP contribution in [0.15, 0.2) is 45.4 Å². The van der Waals surface area contributed by atoms with E-state index >= 15 is 0 Å². The number of rotatable bonds is 3. The smallest absolute Gasteiger partial charge is 0.259 e. The third-order valence-corrected chi connectivity index (χ3v) is 5.96. The lowest BCUT2D eigenvalue weighted by Crippen LogP contribution is -2.13. The lowest BCUT2D eigenvalue weighted by atomic mass is 10.1. The molecular formula is C20H16BrN3O2S. The van der Waals surface area contributed by atoms with Crippen molar-refractivity contribution in [2.45, 2.75) is 20.8 Å². The van der Waals surface area contributed by atoms with Gasteiger partial charge in [-0.25, -0.2) is 4.98 Å². The van der Waals surface area contributed by atoms with E-state index in [9.17, 15) is 4.79 Å². The quantitative estimate of drug-likeness (QED) is 0.430. The highest BCUT2D eigenvalue weighted by Crippen LogP contribution is 2.33. The second-order valence-corrected chi connectivity index (χ2v) is 8.58. The fourth-order valence-electron chi connectivity index (χ4n) is 3.05. The molecule has 5 nitrogen and oxygen atoms in total. The molecule has 0 atom stereocenters. The summed E-state index contributed by atoms with van der Waals surface area (Å²) in [5.41, 5.74) is 3.91. The standard InChI is InChI=1S/C20H16BrN3O2S/c1-10-8-13(12(3)27-10)17-9-14(18-11(2)24-26-20(18)23-17)19(25)22-16-7-5-4-6-15(16)21/h4-9H,1-3H3,(H,22,25). The molecule has 4 aromatic rings. The summed E-state index contributed by atoms with van der Waals surface area (Å²) in [4.78, 5) is 20.0. The molecule has 4 rings (SSSR count). The number of nitrogens with one attached hydrogen (secondary N) is 1. The molecule has 7 heteroatoms. The number of pyridine rings is 1. The van der Waals surface area contributed by atoms with Crippen molar-refractivity contribution in [3.63, 3.8) is 0 Å². The van der Waals surface area contributed by atoms with E-state index in [0.29, 0.717) is 33.7 Å². The van der Waals surface area contributed by atoms with Crippen molar-refractivity contribution in [3.8, 4) is 11.3 Å². The number of hydrogen-bond acceptors (Lipinski definition) is 5. The van der Waals surface area contributed by atoms with Gasteiger partial charge in [0.1, 0.15) is 0 Å². The van der Waals surface area contributed by atoms with Gasteiger partial charge in [-0.2, -0.15) is 0 Å². The fourth-order valence-corrected chi connectivity index (χ4v) is 4.37. The summed E-state index contributed by atoms with van der Waals surface area (Å²) in [5, 5.41) is 7.59. The van der Waals surface area contributed by atoms with Crippen LogP contribution < -0.4 is 5.32 Å². The maximum absolute atomic E-state index is 13.1. The minimum Gasteiger partial charge on any atom is -0.335 e.